The number of aromatic nitrogens is 2. The van der Waals surface area contributed by atoms with Crippen LogP contribution >= 0.6 is 0 Å². The van der Waals surface area contributed by atoms with E-state index in [4.69, 9.17) is 0 Å². The Bertz CT molecular complexity index is 1080. The molecule has 0 saturated carbocycles. The fourth-order valence-corrected chi connectivity index (χ4v) is 2.83. The summed E-state index contributed by atoms with van der Waals surface area (Å²) in [6.07, 6.45) is -5.31. The van der Waals surface area contributed by atoms with E-state index in [2.05, 4.69) is 20.8 Å². The van der Waals surface area contributed by atoms with E-state index >= 15 is 0 Å². The maximum atomic E-state index is 13.4. The summed E-state index contributed by atoms with van der Waals surface area (Å²) in [6.45, 7) is 1.42. The van der Waals surface area contributed by atoms with Crippen molar-refractivity contribution in [2.45, 2.75) is 25.6 Å². The standard InChI is InChI=1S/C21H18F4N4O2/c1-12(20(31)27-18-11-17(28-29-18)14-5-3-2-4-6-14)26-19(30)10-13-7-8-16(22)15(9-13)21(23,24)25/h2-9,11-12H,10H2,1H3,(H,26,30)(H2,27,28,29,31). The highest BCUT2D eigenvalue weighted by molar-refractivity contribution is 5.96. The molecule has 162 valence electrons. The fraction of sp³-hybridized carbons (Fsp3) is 0.190. The zero-order chi connectivity index (χ0) is 22.6. The van der Waals surface area contributed by atoms with Crippen LogP contribution in [-0.4, -0.2) is 28.1 Å². The van der Waals surface area contributed by atoms with Crippen molar-refractivity contribution < 1.29 is 27.2 Å². The molecular formula is C21H18F4N4O2. The van der Waals surface area contributed by atoms with Gasteiger partial charge in [-0.25, -0.2) is 4.39 Å². The Balaban J connectivity index is 1.58. The second kappa shape index (κ2) is 8.99. The van der Waals surface area contributed by atoms with Gasteiger partial charge in [-0.15, -0.1) is 0 Å². The van der Waals surface area contributed by atoms with Crippen molar-refractivity contribution >= 4 is 17.6 Å². The van der Waals surface area contributed by atoms with Gasteiger partial charge in [0.1, 0.15) is 17.7 Å². The Kier molecular flexibility index (Phi) is 6.38. The molecule has 3 rings (SSSR count). The number of carbonyl (C=O) groups excluding carboxylic acids is 2. The first kappa shape index (κ1) is 22.0. The molecule has 0 aliphatic heterocycles. The van der Waals surface area contributed by atoms with Gasteiger partial charge in [0, 0.05) is 11.6 Å². The highest BCUT2D eigenvalue weighted by Gasteiger charge is 2.34. The third-order valence-corrected chi connectivity index (χ3v) is 4.38. The summed E-state index contributed by atoms with van der Waals surface area (Å²) < 4.78 is 51.7. The molecule has 0 aliphatic rings. The second-order valence-corrected chi connectivity index (χ2v) is 6.80. The zero-order valence-electron chi connectivity index (χ0n) is 16.3. The first-order valence-electron chi connectivity index (χ1n) is 9.20. The van der Waals surface area contributed by atoms with Crippen molar-refractivity contribution in [3.63, 3.8) is 0 Å². The van der Waals surface area contributed by atoms with Crippen molar-refractivity contribution in [3.8, 4) is 11.3 Å². The quantitative estimate of drug-likeness (QED) is 0.514. The number of nitrogens with zero attached hydrogens (tertiary/aromatic N) is 1. The molecule has 3 aromatic rings. The predicted molar refractivity (Wildman–Crippen MR) is 105 cm³/mol. The Morgan fingerprint density at radius 2 is 1.81 bits per heavy atom. The molecule has 0 aliphatic carbocycles. The number of halogens is 4. The maximum absolute atomic E-state index is 13.4. The number of hydrogen-bond acceptors (Lipinski definition) is 3. The lowest BCUT2D eigenvalue weighted by Gasteiger charge is -2.14. The van der Waals surface area contributed by atoms with Crippen LogP contribution in [0.2, 0.25) is 0 Å². The molecule has 1 unspecified atom stereocenters. The normalized spacial score (nSPS) is 12.3. The van der Waals surface area contributed by atoms with Crippen LogP contribution in [0.4, 0.5) is 23.4 Å². The average Bonchev–Trinajstić information content (AvgIpc) is 3.17. The van der Waals surface area contributed by atoms with Gasteiger partial charge in [0.2, 0.25) is 11.8 Å². The van der Waals surface area contributed by atoms with Gasteiger partial charge in [0.05, 0.1) is 17.7 Å². The van der Waals surface area contributed by atoms with Crippen molar-refractivity contribution in [2.75, 3.05) is 5.32 Å². The lowest BCUT2D eigenvalue weighted by molar-refractivity contribution is -0.140. The first-order valence-corrected chi connectivity index (χ1v) is 9.20. The average molecular weight is 434 g/mol. The van der Waals surface area contributed by atoms with Crippen LogP contribution in [0, 0.1) is 5.82 Å². The number of alkyl halides is 3. The highest BCUT2D eigenvalue weighted by Crippen LogP contribution is 2.32. The van der Waals surface area contributed by atoms with Gasteiger partial charge in [0.15, 0.2) is 0 Å². The monoisotopic (exact) mass is 434 g/mol. The van der Waals surface area contributed by atoms with Crippen LogP contribution in [0.1, 0.15) is 18.1 Å². The van der Waals surface area contributed by atoms with E-state index in [-0.39, 0.29) is 5.56 Å². The van der Waals surface area contributed by atoms with Gasteiger partial charge >= 0.3 is 6.18 Å². The molecule has 1 heterocycles. The molecule has 10 heteroatoms. The van der Waals surface area contributed by atoms with E-state index in [1.165, 1.54) is 6.92 Å². The molecule has 1 atom stereocenters. The second-order valence-electron chi connectivity index (χ2n) is 6.80. The summed E-state index contributed by atoms with van der Waals surface area (Å²) in [5, 5.41) is 11.7. The molecule has 0 saturated heterocycles. The lowest BCUT2D eigenvalue weighted by atomic mass is 10.1. The number of hydrogen-bond donors (Lipinski definition) is 3. The van der Waals surface area contributed by atoms with E-state index in [1.807, 2.05) is 30.3 Å². The van der Waals surface area contributed by atoms with E-state index < -0.39 is 41.8 Å². The van der Waals surface area contributed by atoms with Crippen LogP contribution in [0.5, 0.6) is 0 Å². The Labute approximate surface area is 174 Å². The summed E-state index contributed by atoms with van der Waals surface area (Å²) in [6, 6.07) is 12.2. The summed E-state index contributed by atoms with van der Waals surface area (Å²) in [5.41, 5.74) is -0.0144. The number of nitrogens with one attached hydrogen (secondary N) is 3. The first-order chi connectivity index (χ1) is 14.6. The van der Waals surface area contributed by atoms with E-state index in [0.717, 1.165) is 11.6 Å². The maximum Gasteiger partial charge on any atom is 0.419 e. The molecule has 0 radical (unpaired) electrons. The van der Waals surface area contributed by atoms with Crippen LogP contribution in [-0.2, 0) is 22.2 Å². The van der Waals surface area contributed by atoms with Crippen LogP contribution in [0.25, 0.3) is 11.3 Å². The molecule has 1 aromatic heterocycles. The summed E-state index contributed by atoms with van der Waals surface area (Å²) >= 11 is 0. The van der Waals surface area contributed by atoms with Crippen LogP contribution < -0.4 is 10.6 Å². The van der Waals surface area contributed by atoms with Crippen molar-refractivity contribution in [2.24, 2.45) is 0 Å². The lowest BCUT2D eigenvalue weighted by Crippen LogP contribution is -2.42. The largest absolute Gasteiger partial charge is 0.419 e. The Morgan fingerprint density at radius 1 is 1.10 bits per heavy atom. The minimum absolute atomic E-state index is 0.0279. The van der Waals surface area contributed by atoms with E-state index in [1.54, 1.807) is 6.07 Å². The highest BCUT2D eigenvalue weighted by atomic mass is 19.4. The van der Waals surface area contributed by atoms with E-state index in [0.29, 0.717) is 23.6 Å². The van der Waals surface area contributed by atoms with E-state index in [9.17, 15) is 27.2 Å². The summed E-state index contributed by atoms with van der Waals surface area (Å²) in [5.74, 6) is -2.33. The number of benzene rings is 2. The predicted octanol–water partition coefficient (Wildman–Crippen LogP) is 3.92. The number of carbonyl (C=O) groups is 2. The third-order valence-electron chi connectivity index (χ3n) is 4.38. The Morgan fingerprint density at radius 3 is 2.48 bits per heavy atom. The molecule has 0 spiro atoms. The molecule has 2 amide bonds. The smallest absolute Gasteiger partial charge is 0.344 e. The number of amides is 2. The van der Waals surface area contributed by atoms with Crippen molar-refractivity contribution in [1.82, 2.24) is 15.5 Å². The summed E-state index contributed by atoms with van der Waals surface area (Å²) in [7, 11) is 0. The summed E-state index contributed by atoms with van der Waals surface area (Å²) in [4.78, 5) is 24.4. The number of aromatic amines is 1. The fourth-order valence-electron chi connectivity index (χ4n) is 2.83. The SMILES string of the molecule is CC(NC(=O)Cc1ccc(F)c(C(F)(F)F)c1)C(=O)Nc1cc(-c2ccccc2)n[nH]1. The minimum atomic E-state index is -4.87. The van der Waals surface area contributed by atoms with Crippen molar-refractivity contribution in [3.05, 3.63) is 71.5 Å². The molecule has 3 N–H and O–H groups in total. The number of rotatable bonds is 6. The molecule has 31 heavy (non-hydrogen) atoms. The molecule has 6 nitrogen and oxygen atoms in total. The third kappa shape index (κ3) is 5.68. The van der Waals surface area contributed by atoms with Gasteiger partial charge in [-0.3, -0.25) is 14.7 Å². The zero-order valence-corrected chi connectivity index (χ0v) is 16.3. The molecule has 0 fully saturated rings. The van der Waals surface area contributed by atoms with Gasteiger partial charge in [-0.05, 0) is 24.6 Å². The molecule has 2 aromatic carbocycles. The molecular weight excluding hydrogens is 416 g/mol. The number of H-pyrrole nitrogens is 1. The van der Waals surface area contributed by atoms with Crippen molar-refractivity contribution in [1.29, 1.82) is 0 Å². The topological polar surface area (TPSA) is 86.9 Å². The van der Waals surface area contributed by atoms with Crippen LogP contribution in [0.15, 0.2) is 54.6 Å². The minimum Gasteiger partial charge on any atom is -0.344 e. The molecule has 0 bridgehead atoms. The van der Waals surface area contributed by atoms with Gasteiger partial charge in [-0.2, -0.15) is 18.3 Å². The van der Waals surface area contributed by atoms with Gasteiger partial charge in [-0.1, -0.05) is 36.4 Å². The van der Waals surface area contributed by atoms with Gasteiger partial charge in [0.25, 0.3) is 0 Å². The number of anilines is 1. The Hall–Kier alpha value is -3.69. The van der Waals surface area contributed by atoms with Crippen LogP contribution in [0.3, 0.4) is 0 Å². The van der Waals surface area contributed by atoms with Gasteiger partial charge < -0.3 is 10.6 Å².